The van der Waals surface area contributed by atoms with Gasteiger partial charge >= 0.3 is 6.36 Å². The molecular formula is C20H24F3N3O3. The lowest BCUT2D eigenvalue weighted by Gasteiger charge is -2.16. The van der Waals surface area contributed by atoms with Crippen molar-refractivity contribution in [1.82, 2.24) is 10.6 Å². The normalized spacial score (nSPS) is 13.0. The van der Waals surface area contributed by atoms with Crippen molar-refractivity contribution in [2.45, 2.75) is 25.9 Å². The molecule has 0 aliphatic heterocycles. The Balaban J connectivity index is 2.02. The number of halogens is 3. The first-order chi connectivity index (χ1) is 13.8. The number of methoxy groups -OCH3 is 1. The number of nitrogens with one attached hydrogen (secondary N) is 2. The Hall–Kier alpha value is -2.94. The van der Waals surface area contributed by atoms with Crippen molar-refractivity contribution in [2.24, 2.45) is 4.99 Å². The van der Waals surface area contributed by atoms with E-state index in [4.69, 9.17) is 4.74 Å². The molecular weight excluding hydrogens is 387 g/mol. The molecule has 2 aromatic rings. The van der Waals surface area contributed by atoms with Gasteiger partial charge in [0.25, 0.3) is 0 Å². The second kappa shape index (κ2) is 10.6. The summed E-state index contributed by atoms with van der Waals surface area (Å²) in [5.41, 5.74) is 0.982. The number of aliphatic hydroxyl groups excluding tert-OH is 1. The number of alkyl halides is 3. The fourth-order valence-electron chi connectivity index (χ4n) is 2.50. The van der Waals surface area contributed by atoms with E-state index in [1.165, 1.54) is 18.2 Å². The molecule has 0 amide bonds. The average Bonchev–Trinajstić information content (AvgIpc) is 2.69. The van der Waals surface area contributed by atoms with E-state index in [1.807, 2.05) is 6.92 Å². The molecule has 29 heavy (non-hydrogen) atoms. The van der Waals surface area contributed by atoms with E-state index < -0.39 is 12.5 Å². The lowest BCUT2D eigenvalue weighted by atomic mass is 10.1. The van der Waals surface area contributed by atoms with Gasteiger partial charge in [-0.15, -0.1) is 13.2 Å². The highest BCUT2D eigenvalue weighted by atomic mass is 19.4. The highest BCUT2D eigenvalue weighted by molar-refractivity contribution is 5.79. The van der Waals surface area contributed by atoms with Crippen LogP contribution in [0.15, 0.2) is 53.5 Å². The number of benzene rings is 2. The number of rotatable bonds is 8. The summed E-state index contributed by atoms with van der Waals surface area (Å²) in [7, 11) is 1.56. The van der Waals surface area contributed by atoms with Crippen LogP contribution in [-0.4, -0.2) is 37.6 Å². The average molecular weight is 411 g/mol. The molecule has 0 radical (unpaired) electrons. The summed E-state index contributed by atoms with van der Waals surface area (Å²) in [6.07, 6.45) is -5.57. The molecule has 1 atom stereocenters. The Bertz CT molecular complexity index is 796. The van der Waals surface area contributed by atoms with Crippen molar-refractivity contribution in [3.05, 3.63) is 59.7 Å². The molecule has 0 aromatic heterocycles. The molecule has 0 aliphatic carbocycles. The van der Waals surface area contributed by atoms with E-state index in [9.17, 15) is 18.3 Å². The minimum absolute atomic E-state index is 0.0276. The van der Waals surface area contributed by atoms with E-state index in [2.05, 4.69) is 20.4 Å². The van der Waals surface area contributed by atoms with Gasteiger partial charge in [0, 0.05) is 18.7 Å². The zero-order valence-corrected chi connectivity index (χ0v) is 16.2. The van der Waals surface area contributed by atoms with E-state index in [-0.39, 0.29) is 24.4 Å². The third-order valence-electron chi connectivity index (χ3n) is 3.91. The quantitative estimate of drug-likeness (QED) is 0.459. The van der Waals surface area contributed by atoms with E-state index >= 15 is 0 Å². The molecule has 158 valence electrons. The molecule has 2 aromatic carbocycles. The Kier molecular flexibility index (Phi) is 8.14. The van der Waals surface area contributed by atoms with E-state index in [1.54, 1.807) is 37.4 Å². The lowest BCUT2D eigenvalue weighted by molar-refractivity contribution is -0.274. The number of nitrogens with zero attached hydrogens (tertiary/aromatic N) is 1. The van der Waals surface area contributed by atoms with Gasteiger partial charge in [0.2, 0.25) is 0 Å². The molecule has 0 aliphatic rings. The summed E-state index contributed by atoms with van der Waals surface area (Å²) in [4.78, 5) is 4.28. The van der Waals surface area contributed by atoms with Gasteiger partial charge in [0.05, 0.1) is 19.8 Å². The van der Waals surface area contributed by atoms with Gasteiger partial charge in [-0.05, 0) is 30.7 Å². The number of ether oxygens (including phenoxy) is 2. The van der Waals surface area contributed by atoms with Crippen LogP contribution >= 0.6 is 0 Å². The smallest absolute Gasteiger partial charge is 0.497 e. The van der Waals surface area contributed by atoms with Crippen molar-refractivity contribution in [1.29, 1.82) is 0 Å². The molecule has 0 saturated carbocycles. The number of hydrogen-bond donors (Lipinski definition) is 3. The Morgan fingerprint density at radius 3 is 2.41 bits per heavy atom. The number of hydrogen-bond acceptors (Lipinski definition) is 4. The SMILES string of the molecule is CCNC(=NCc1ccccc1OC(F)(F)F)NCC(O)c1ccc(OC)cc1. The molecule has 6 nitrogen and oxygen atoms in total. The first-order valence-corrected chi connectivity index (χ1v) is 9.00. The standard InChI is InChI=1S/C20H24F3N3O3/c1-3-24-19(26-13-17(27)14-8-10-16(28-2)11-9-14)25-12-15-6-4-5-7-18(15)29-20(21,22)23/h4-11,17,27H,3,12-13H2,1-2H3,(H2,24,25,26). The maximum Gasteiger partial charge on any atom is 0.573 e. The van der Waals surface area contributed by atoms with Gasteiger partial charge in [-0.3, -0.25) is 0 Å². The van der Waals surface area contributed by atoms with Gasteiger partial charge in [-0.1, -0.05) is 30.3 Å². The molecule has 0 heterocycles. The Morgan fingerprint density at radius 1 is 1.10 bits per heavy atom. The predicted molar refractivity (Wildman–Crippen MR) is 104 cm³/mol. The van der Waals surface area contributed by atoms with Crippen molar-refractivity contribution in [3.8, 4) is 11.5 Å². The highest BCUT2D eigenvalue weighted by Crippen LogP contribution is 2.26. The number of aliphatic hydroxyl groups is 1. The zero-order valence-electron chi connectivity index (χ0n) is 16.2. The van der Waals surface area contributed by atoms with Gasteiger partial charge in [0.15, 0.2) is 5.96 Å². The largest absolute Gasteiger partial charge is 0.573 e. The molecule has 0 saturated heterocycles. The summed E-state index contributed by atoms with van der Waals surface area (Å²) in [6.45, 7) is 2.54. The van der Waals surface area contributed by atoms with Gasteiger partial charge < -0.3 is 25.2 Å². The van der Waals surface area contributed by atoms with Gasteiger partial charge in [-0.25, -0.2) is 4.99 Å². The number of aliphatic imine (C=N–C) groups is 1. The monoisotopic (exact) mass is 411 g/mol. The lowest BCUT2D eigenvalue weighted by Crippen LogP contribution is -2.39. The molecule has 2 rings (SSSR count). The molecule has 0 fully saturated rings. The fraction of sp³-hybridized carbons (Fsp3) is 0.350. The van der Waals surface area contributed by atoms with Crippen LogP contribution in [0.5, 0.6) is 11.5 Å². The maximum absolute atomic E-state index is 12.5. The molecule has 0 spiro atoms. The third kappa shape index (κ3) is 7.53. The van der Waals surface area contributed by atoms with Crippen molar-refractivity contribution in [3.63, 3.8) is 0 Å². The Morgan fingerprint density at radius 2 is 1.79 bits per heavy atom. The van der Waals surface area contributed by atoms with Crippen LogP contribution in [0.4, 0.5) is 13.2 Å². The first kappa shape index (κ1) is 22.4. The third-order valence-corrected chi connectivity index (χ3v) is 3.91. The molecule has 9 heteroatoms. The minimum Gasteiger partial charge on any atom is -0.497 e. The summed E-state index contributed by atoms with van der Waals surface area (Å²) >= 11 is 0. The maximum atomic E-state index is 12.5. The van der Waals surface area contributed by atoms with Crippen molar-refractivity contribution < 1.29 is 27.8 Å². The summed E-state index contributed by atoms with van der Waals surface area (Å²) in [5, 5.41) is 16.3. The number of guanidine groups is 1. The van der Waals surface area contributed by atoms with Crippen molar-refractivity contribution >= 4 is 5.96 Å². The summed E-state index contributed by atoms with van der Waals surface area (Å²) in [5.74, 6) is 0.753. The van der Waals surface area contributed by atoms with Gasteiger partial charge in [-0.2, -0.15) is 0 Å². The highest BCUT2D eigenvalue weighted by Gasteiger charge is 2.31. The van der Waals surface area contributed by atoms with Crippen LogP contribution in [0.3, 0.4) is 0 Å². The predicted octanol–water partition coefficient (Wildman–Crippen LogP) is 3.38. The van der Waals surface area contributed by atoms with Crippen LogP contribution in [0, 0.1) is 0 Å². The molecule has 0 bridgehead atoms. The first-order valence-electron chi connectivity index (χ1n) is 9.00. The summed E-state index contributed by atoms with van der Waals surface area (Å²) in [6, 6.07) is 12.8. The van der Waals surface area contributed by atoms with Crippen LogP contribution in [0.25, 0.3) is 0 Å². The van der Waals surface area contributed by atoms with Crippen LogP contribution in [0.2, 0.25) is 0 Å². The fourth-order valence-corrected chi connectivity index (χ4v) is 2.50. The Labute approximate surface area is 167 Å². The number of para-hydroxylation sites is 1. The zero-order chi connectivity index (χ0) is 21.3. The molecule has 3 N–H and O–H groups in total. The van der Waals surface area contributed by atoms with Crippen LogP contribution in [0.1, 0.15) is 24.2 Å². The van der Waals surface area contributed by atoms with Gasteiger partial charge in [0.1, 0.15) is 11.5 Å². The van der Waals surface area contributed by atoms with E-state index in [0.717, 1.165) is 0 Å². The van der Waals surface area contributed by atoms with Crippen LogP contribution < -0.4 is 20.1 Å². The van der Waals surface area contributed by atoms with Crippen LogP contribution in [-0.2, 0) is 6.54 Å². The van der Waals surface area contributed by atoms with E-state index in [0.29, 0.717) is 23.8 Å². The van der Waals surface area contributed by atoms with Crippen molar-refractivity contribution in [2.75, 3.05) is 20.2 Å². The molecule has 1 unspecified atom stereocenters. The summed E-state index contributed by atoms with van der Waals surface area (Å²) < 4.78 is 46.7. The topological polar surface area (TPSA) is 75.1 Å². The minimum atomic E-state index is -4.77. The second-order valence-corrected chi connectivity index (χ2v) is 6.02. The second-order valence-electron chi connectivity index (χ2n) is 6.02.